The molecule has 1 nitrogen and oxygen atoms in total. The van der Waals surface area contributed by atoms with E-state index in [1.807, 2.05) is 30.0 Å². The van der Waals surface area contributed by atoms with Gasteiger partial charge >= 0.3 is 0 Å². The fraction of sp³-hybridized carbons (Fsp3) is 0.250. The molecule has 2 aromatic carbocycles. The van der Waals surface area contributed by atoms with Gasteiger partial charge in [-0.25, -0.2) is 0 Å². The molecule has 104 valence electrons. The van der Waals surface area contributed by atoms with Crippen LogP contribution in [0.4, 0.5) is 5.69 Å². The Hall–Kier alpha value is -0.830. The average molecular weight is 324 g/mol. The molecule has 1 aliphatic rings. The number of aryl methyl sites for hydroxylation is 1. The molecule has 0 bridgehead atoms. The maximum absolute atomic E-state index is 6.08. The molecular formula is C16H15Cl2NS. The second-order valence-corrected chi connectivity index (χ2v) is 7.08. The van der Waals surface area contributed by atoms with Crippen molar-refractivity contribution in [2.45, 2.75) is 23.0 Å². The molecule has 1 atom stereocenters. The van der Waals surface area contributed by atoms with Gasteiger partial charge in [0, 0.05) is 22.4 Å². The molecule has 0 saturated carbocycles. The normalized spacial score (nSPS) is 18.0. The average Bonchev–Trinajstić information content (AvgIpc) is 2.66. The van der Waals surface area contributed by atoms with E-state index in [2.05, 4.69) is 29.6 Å². The van der Waals surface area contributed by atoms with Crippen molar-refractivity contribution < 1.29 is 0 Å². The highest BCUT2D eigenvalue weighted by molar-refractivity contribution is 8.00. The van der Waals surface area contributed by atoms with Crippen molar-refractivity contribution in [2.24, 2.45) is 0 Å². The van der Waals surface area contributed by atoms with Gasteiger partial charge in [0.1, 0.15) is 0 Å². The minimum Gasteiger partial charge on any atom is -0.384 e. The number of para-hydroxylation sites is 1. The summed E-state index contributed by atoms with van der Waals surface area (Å²) in [7, 11) is 0. The largest absolute Gasteiger partial charge is 0.384 e. The first-order valence-corrected chi connectivity index (χ1v) is 8.29. The summed E-state index contributed by atoms with van der Waals surface area (Å²) in [4.78, 5) is 1.18. The molecular weight excluding hydrogens is 309 g/mol. The highest BCUT2D eigenvalue weighted by Gasteiger charge is 2.16. The van der Waals surface area contributed by atoms with Gasteiger partial charge in [-0.2, -0.15) is 0 Å². The molecule has 0 amide bonds. The van der Waals surface area contributed by atoms with Crippen molar-refractivity contribution in [3.05, 3.63) is 58.1 Å². The van der Waals surface area contributed by atoms with Gasteiger partial charge in [-0.15, -0.1) is 11.8 Å². The van der Waals surface area contributed by atoms with E-state index >= 15 is 0 Å². The van der Waals surface area contributed by atoms with Crippen LogP contribution in [-0.4, -0.2) is 11.8 Å². The van der Waals surface area contributed by atoms with Gasteiger partial charge in [-0.05, 0) is 42.7 Å². The zero-order valence-corrected chi connectivity index (χ0v) is 13.2. The van der Waals surface area contributed by atoms with E-state index in [-0.39, 0.29) is 0 Å². The Morgan fingerprint density at radius 3 is 2.75 bits per heavy atom. The summed E-state index contributed by atoms with van der Waals surface area (Å²) in [5.41, 5.74) is 2.68. The molecule has 0 aliphatic carbocycles. The van der Waals surface area contributed by atoms with E-state index in [4.69, 9.17) is 23.2 Å². The van der Waals surface area contributed by atoms with Crippen LogP contribution in [0.3, 0.4) is 0 Å². The topological polar surface area (TPSA) is 12.0 Å². The van der Waals surface area contributed by atoms with Crippen LogP contribution < -0.4 is 5.32 Å². The molecule has 0 fully saturated rings. The number of fused-ring (bicyclic) bond motifs is 1. The number of anilines is 1. The molecule has 3 rings (SSSR count). The quantitative estimate of drug-likeness (QED) is 0.781. The smallest absolute Gasteiger partial charge is 0.0603 e. The van der Waals surface area contributed by atoms with Crippen molar-refractivity contribution in [1.29, 1.82) is 0 Å². The van der Waals surface area contributed by atoms with Gasteiger partial charge < -0.3 is 5.32 Å². The van der Waals surface area contributed by atoms with E-state index in [1.165, 1.54) is 16.1 Å². The fourth-order valence-electron chi connectivity index (χ4n) is 2.40. The summed E-state index contributed by atoms with van der Waals surface area (Å²) < 4.78 is 0. The maximum Gasteiger partial charge on any atom is 0.0603 e. The number of rotatable bonds is 2. The first kappa shape index (κ1) is 14.1. The summed E-state index contributed by atoms with van der Waals surface area (Å²) in [5.74, 6) is 0. The van der Waals surface area contributed by atoms with Gasteiger partial charge in [0.2, 0.25) is 0 Å². The summed E-state index contributed by atoms with van der Waals surface area (Å²) in [6.45, 7) is 0.974. The van der Waals surface area contributed by atoms with Crippen molar-refractivity contribution in [3.63, 3.8) is 0 Å². The number of thioether (sulfide) groups is 1. The summed E-state index contributed by atoms with van der Waals surface area (Å²) >= 11 is 13.9. The highest BCUT2D eigenvalue weighted by atomic mass is 35.5. The maximum atomic E-state index is 6.08. The van der Waals surface area contributed by atoms with E-state index in [1.54, 1.807) is 0 Å². The lowest BCUT2D eigenvalue weighted by Gasteiger charge is -2.14. The molecule has 4 heteroatoms. The summed E-state index contributed by atoms with van der Waals surface area (Å²) in [6.07, 6.45) is 2.27. The zero-order valence-electron chi connectivity index (χ0n) is 10.9. The van der Waals surface area contributed by atoms with Crippen LogP contribution >= 0.6 is 35.0 Å². The zero-order chi connectivity index (χ0) is 13.9. The highest BCUT2D eigenvalue weighted by Crippen LogP contribution is 2.33. The van der Waals surface area contributed by atoms with Crippen molar-refractivity contribution in [3.8, 4) is 0 Å². The van der Waals surface area contributed by atoms with Gasteiger partial charge in [-0.1, -0.05) is 41.4 Å². The van der Waals surface area contributed by atoms with E-state index in [0.29, 0.717) is 15.3 Å². The lowest BCUT2D eigenvalue weighted by atomic mass is 10.1. The molecule has 1 unspecified atom stereocenters. The standard InChI is InChI=1S/C16H15Cl2NS/c17-14-8-7-12(9-15(14)18)20-13-6-5-11-3-1-2-4-16(11)19-10-13/h1-4,7-9,13,19H,5-6,10H2. The third-order valence-electron chi connectivity index (χ3n) is 3.47. The Morgan fingerprint density at radius 1 is 1.05 bits per heavy atom. The van der Waals surface area contributed by atoms with Crippen LogP contribution in [0.2, 0.25) is 10.0 Å². The van der Waals surface area contributed by atoms with Gasteiger partial charge in [-0.3, -0.25) is 0 Å². The molecule has 0 spiro atoms. The SMILES string of the molecule is Clc1ccc(SC2CCc3ccccc3NC2)cc1Cl. The molecule has 1 heterocycles. The predicted octanol–water partition coefficient (Wildman–Crippen LogP) is 5.51. The second kappa shape index (κ2) is 6.30. The second-order valence-electron chi connectivity index (χ2n) is 4.89. The molecule has 1 N–H and O–H groups in total. The lowest BCUT2D eigenvalue weighted by Crippen LogP contribution is -2.14. The monoisotopic (exact) mass is 323 g/mol. The van der Waals surface area contributed by atoms with Crippen molar-refractivity contribution >= 4 is 40.7 Å². The molecule has 0 saturated heterocycles. The van der Waals surface area contributed by atoms with Gasteiger partial charge in [0.15, 0.2) is 0 Å². The van der Waals surface area contributed by atoms with E-state index in [0.717, 1.165) is 19.4 Å². The number of halogens is 2. The number of hydrogen-bond donors (Lipinski definition) is 1. The molecule has 20 heavy (non-hydrogen) atoms. The predicted molar refractivity (Wildman–Crippen MR) is 89.4 cm³/mol. The molecule has 2 aromatic rings. The Kier molecular flexibility index (Phi) is 4.45. The Balaban J connectivity index is 1.69. The minimum atomic E-state index is 0.541. The molecule has 1 aliphatic heterocycles. The fourth-order valence-corrected chi connectivity index (χ4v) is 3.88. The van der Waals surface area contributed by atoms with Crippen molar-refractivity contribution in [1.82, 2.24) is 0 Å². The molecule has 0 aromatic heterocycles. The van der Waals surface area contributed by atoms with Gasteiger partial charge in [0.05, 0.1) is 10.0 Å². The minimum absolute atomic E-state index is 0.541. The van der Waals surface area contributed by atoms with Crippen LogP contribution in [0.1, 0.15) is 12.0 Å². The van der Waals surface area contributed by atoms with Crippen LogP contribution in [0.25, 0.3) is 0 Å². The first-order valence-electron chi connectivity index (χ1n) is 6.66. The lowest BCUT2D eigenvalue weighted by molar-refractivity contribution is 0.803. The number of benzene rings is 2. The third-order valence-corrected chi connectivity index (χ3v) is 5.47. The van der Waals surface area contributed by atoms with E-state index in [9.17, 15) is 0 Å². The van der Waals surface area contributed by atoms with Crippen LogP contribution in [0.5, 0.6) is 0 Å². The number of nitrogens with one attached hydrogen (secondary N) is 1. The van der Waals surface area contributed by atoms with Crippen LogP contribution in [-0.2, 0) is 6.42 Å². The number of hydrogen-bond acceptors (Lipinski definition) is 2. The Labute approximate surface area is 133 Å². The Bertz CT molecular complexity index is 588. The summed E-state index contributed by atoms with van der Waals surface area (Å²) in [5, 5.41) is 5.32. The Morgan fingerprint density at radius 2 is 1.90 bits per heavy atom. The molecule has 0 radical (unpaired) electrons. The van der Waals surface area contributed by atoms with Crippen molar-refractivity contribution in [2.75, 3.05) is 11.9 Å². The van der Waals surface area contributed by atoms with Gasteiger partial charge in [0.25, 0.3) is 0 Å². The third kappa shape index (κ3) is 3.25. The van der Waals surface area contributed by atoms with E-state index < -0.39 is 0 Å². The van der Waals surface area contributed by atoms with Crippen LogP contribution in [0.15, 0.2) is 47.4 Å². The van der Waals surface area contributed by atoms with Crippen LogP contribution in [0, 0.1) is 0 Å². The summed E-state index contributed by atoms with van der Waals surface area (Å²) in [6, 6.07) is 14.4. The first-order chi connectivity index (χ1) is 9.72.